The number of aliphatic hydroxyl groups excluding tert-OH is 1. The molecule has 1 unspecified atom stereocenters. The number of fused-ring (bicyclic) bond motifs is 5. The lowest BCUT2D eigenvalue weighted by Gasteiger charge is -2.57. The predicted molar refractivity (Wildman–Crippen MR) is 137 cm³/mol. The minimum absolute atomic E-state index is 0.0691. The van der Waals surface area contributed by atoms with E-state index < -0.39 is 11.9 Å². The number of hydrogen-bond acceptors (Lipinski definition) is 6. The topological polar surface area (TPSA) is 120 Å². The molecule has 4 aliphatic carbocycles. The molecule has 1 heterocycles. The number of aliphatic carboxylic acids is 2. The predicted octanol–water partition coefficient (Wildman–Crippen LogP) is 4.32. The van der Waals surface area contributed by atoms with Crippen LogP contribution in [0.25, 0.3) is 0 Å². The molecule has 5 rings (SSSR count). The largest absolute Gasteiger partial charge is 0.473 e. The standard InChI is InChI=1S/C26H42N2O2.C2H2O4/c1-25-12-10-20(27-30-17-16-28-14-4-3-5-15-28)18-19(25)6-7-21-22-8-9-24(29)26(22,2)13-11-23(21)25;3-1(4)2(5)6/h18,21-24,29H,3-17H2,1-2H3;(H,3,4)(H,5,6)/b27-20-;/t21-,22-,23-,24?,25-,26-;/m0./s1. The van der Waals surface area contributed by atoms with Crippen molar-refractivity contribution < 1.29 is 29.7 Å². The second-order valence-corrected chi connectivity index (χ2v) is 12.1. The average Bonchev–Trinajstić information content (AvgIpc) is 3.17. The van der Waals surface area contributed by atoms with Gasteiger partial charge in [-0.3, -0.25) is 4.90 Å². The van der Waals surface area contributed by atoms with E-state index in [1.54, 1.807) is 5.57 Å². The van der Waals surface area contributed by atoms with E-state index in [0.29, 0.717) is 5.41 Å². The molecule has 8 heteroatoms. The molecule has 0 amide bonds. The van der Waals surface area contributed by atoms with Crippen LogP contribution in [0.5, 0.6) is 0 Å². The van der Waals surface area contributed by atoms with Crippen LogP contribution in [0.4, 0.5) is 0 Å². The Labute approximate surface area is 214 Å². The molecule has 36 heavy (non-hydrogen) atoms. The lowest BCUT2D eigenvalue weighted by Crippen LogP contribution is -2.51. The van der Waals surface area contributed by atoms with Gasteiger partial charge in [0.2, 0.25) is 0 Å². The summed E-state index contributed by atoms with van der Waals surface area (Å²) in [6.45, 7) is 9.10. The van der Waals surface area contributed by atoms with Crippen molar-refractivity contribution in [3.63, 3.8) is 0 Å². The summed E-state index contributed by atoms with van der Waals surface area (Å²) < 4.78 is 0. The Balaban J connectivity index is 0.000000455. The molecule has 3 saturated carbocycles. The zero-order valence-electron chi connectivity index (χ0n) is 22.0. The van der Waals surface area contributed by atoms with E-state index in [1.807, 2.05) is 0 Å². The molecular weight excluding hydrogens is 460 g/mol. The highest BCUT2D eigenvalue weighted by atomic mass is 16.6. The van der Waals surface area contributed by atoms with Gasteiger partial charge in [-0.15, -0.1) is 0 Å². The van der Waals surface area contributed by atoms with E-state index in [-0.39, 0.29) is 11.5 Å². The number of oxime groups is 1. The summed E-state index contributed by atoms with van der Waals surface area (Å²) in [6, 6.07) is 0. The molecule has 0 spiro atoms. The smallest absolute Gasteiger partial charge is 0.414 e. The van der Waals surface area contributed by atoms with Gasteiger partial charge in [-0.1, -0.05) is 31.0 Å². The number of carboxylic acids is 2. The van der Waals surface area contributed by atoms with E-state index in [4.69, 9.17) is 24.6 Å². The number of nitrogens with zero attached hydrogens (tertiary/aromatic N) is 2. The molecule has 8 nitrogen and oxygen atoms in total. The van der Waals surface area contributed by atoms with Crippen molar-refractivity contribution in [3.05, 3.63) is 11.6 Å². The van der Waals surface area contributed by atoms with Crippen molar-refractivity contribution in [3.8, 4) is 0 Å². The summed E-state index contributed by atoms with van der Waals surface area (Å²) in [5, 5.41) is 30.0. The highest BCUT2D eigenvalue weighted by Gasteiger charge is 2.58. The Kier molecular flexibility index (Phi) is 8.45. The van der Waals surface area contributed by atoms with Crippen LogP contribution in [0.3, 0.4) is 0 Å². The first-order valence-corrected chi connectivity index (χ1v) is 13.9. The fraction of sp³-hybridized carbons (Fsp3) is 0.821. The third-order valence-electron chi connectivity index (χ3n) is 10.2. The van der Waals surface area contributed by atoms with Crippen molar-refractivity contribution in [1.82, 2.24) is 4.90 Å². The zero-order chi connectivity index (χ0) is 25.9. The van der Waals surface area contributed by atoms with Crippen molar-refractivity contribution in [1.29, 1.82) is 0 Å². The molecular formula is C28H44N2O6. The fourth-order valence-corrected chi connectivity index (χ4v) is 8.10. The van der Waals surface area contributed by atoms with Crippen LogP contribution in [-0.4, -0.2) is 70.2 Å². The van der Waals surface area contributed by atoms with Gasteiger partial charge in [-0.05, 0) is 112 Å². The average molecular weight is 505 g/mol. The third-order valence-corrected chi connectivity index (χ3v) is 10.2. The monoisotopic (exact) mass is 504 g/mol. The van der Waals surface area contributed by atoms with Crippen LogP contribution < -0.4 is 0 Å². The van der Waals surface area contributed by atoms with E-state index in [0.717, 1.165) is 49.5 Å². The lowest BCUT2D eigenvalue weighted by molar-refractivity contribution is -0.159. The summed E-state index contributed by atoms with van der Waals surface area (Å²) in [5.41, 5.74) is 3.32. The number of hydrogen-bond donors (Lipinski definition) is 3. The van der Waals surface area contributed by atoms with Crippen molar-refractivity contribution >= 4 is 17.7 Å². The Bertz CT molecular complexity index is 869. The Hall–Kier alpha value is -1.93. The molecule has 0 aromatic carbocycles. The molecule has 3 N–H and O–H groups in total. The van der Waals surface area contributed by atoms with Gasteiger partial charge >= 0.3 is 11.9 Å². The number of aliphatic hydroxyl groups is 1. The Morgan fingerprint density at radius 2 is 1.72 bits per heavy atom. The first kappa shape index (κ1) is 27.1. The highest BCUT2D eigenvalue weighted by molar-refractivity contribution is 6.27. The first-order chi connectivity index (χ1) is 17.1. The highest BCUT2D eigenvalue weighted by Crippen LogP contribution is 2.65. The fourth-order valence-electron chi connectivity index (χ4n) is 8.10. The van der Waals surface area contributed by atoms with E-state index in [9.17, 15) is 5.11 Å². The van der Waals surface area contributed by atoms with Gasteiger partial charge in [0.15, 0.2) is 0 Å². The normalized spacial score (nSPS) is 39.1. The molecule has 1 aliphatic heterocycles. The second kappa shape index (κ2) is 11.2. The van der Waals surface area contributed by atoms with Gasteiger partial charge in [-0.25, -0.2) is 9.59 Å². The molecule has 4 fully saturated rings. The quantitative estimate of drug-likeness (QED) is 0.296. The van der Waals surface area contributed by atoms with Crippen LogP contribution in [0, 0.1) is 28.6 Å². The number of allylic oxidation sites excluding steroid dienone is 2. The lowest BCUT2D eigenvalue weighted by atomic mass is 9.47. The van der Waals surface area contributed by atoms with Crippen LogP contribution in [0.2, 0.25) is 0 Å². The summed E-state index contributed by atoms with van der Waals surface area (Å²) in [5.74, 6) is -1.31. The van der Waals surface area contributed by atoms with E-state index in [2.05, 4.69) is 30.0 Å². The van der Waals surface area contributed by atoms with Crippen LogP contribution in [0.1, 0.15) is 84.5 Å². The molecule has 0 bridgehead atoms. The van der Waals surface area contributed by atoms with Crippen LogP contribution >= 0.6 is 0 Å². The number of likely N-dealkylation sites (tertiary alicyclic amines) is 1. The van der Waals surface area contributed by atoms with Gasteiger partial charge < -0.3 is 20.2 Å². The van der Waals surface area contributed by atoms with Crippen molar-refractivity contribution in [2.75, 3.05) is 26.2 Å². The van der Waals surface area contributed by atoms with Crippen molar-refractivity contribution in [2.24, 2.45) is 33.7 Å². The third kappa shape index (κ3) is 5.49. The number of piperidine rings is 1. The maximum atomic E-state index is 10.6. The summed E-state index contributed by atoms with van der Waals surface area (Å²) >= 11 is 0. The Morgan fingerprint density at radius 3 is 2.42 bits per heavy atom. The summed E-state index contributed by atoms with van der Waals surface area (Å²) in [4.78, 5) is 26.5. The van der Waals surface area contributed by atoms with E-state index in [1.165, 1.54) is 70.9 Å². The number of carbonyl (C=O) groups is 2. The summed E-state index contributed by atoms with van der Waals surface area (Å²) in [7, 11) is 0. The second-order valence-electron chi connectivity index (χ2n) is 12.1. The number of carboxylic acid groups (broad SMARTS) is 2. The minimum Gasteiger partial charge on any atom is -0.473 e. The molecule has 0 radical (unpaired) electrons. The van der Waals surface area contributed by atoms with Crippen LogP contribution in [-0.2, 0) is 14.4 Å². The SMILES string of the molecule is C[C@]12CC/C(=N/OCCN3CCCCC3)C=C1CC[C@@H]1[C@@H]2CC[C@]2(C)C(O)CC[C@@H]12.O=C(O)C(=O)O. The maximum absolute atomic E-state index is 10.6. The van der Waals surface area contributed by atoms with E-state index >= 15 is 0 Å². The van der Waals surface area contributed by atoms with Gasteiger partial charge in [-0.2, -0.15) is 0 Å². The molecule has 0 aromatic heterocycles. The van der Waals surface area contributed by atoms with Crippen LogP contribution in [0.15, 0.2) is 16.8 Å². The van der Waals surface area contributed by atoms with Gasteiger partial charge in [0.05, 0.1) is 11.8 Å². The maximum Gasteiger partial charge on any atom is 0.414 e. The Morgan fingerprint density at radius 1 is 1.00 bits per heavy atom. The van der Waals surface area contributed by atoms with Gasteiger partial charge in [0, 0.05) is 6.54 Å². The molecule has 6 atom stereocenters. The molecule has 5 aliphatic rings. The summed E-state index contributed by atoms with van der Waals surface area (Å²) in [6.07, 6.45) is 16.0. The first-order valence-electron chi connectivity index (χ1n) is 13.9. The van der Waals surface area contributed by atoms with Crippen molar-refractivity contribution in [2.45, 2.75) is 90.6 Å². The molecule has 202 valence electrons. The number of rotatable bonds is 4. The minimum atomic E-state index is -1.82. The van der Waals surface area contributed by atoms with Gasteiger partial charge in [0.25, 0.3) is 0 Å². The zero-order valence-corrected chi connectivity index (χ0v) is 22.0. The molecule has 1 saturated heterocycles. The van der Waals surface area contributed by atoms with Gasteiger partial charge in [0.1, 0.15) is 6.61 Å². The molecule has 0 aromatic rings.